The van der Waals surface area contributed by atoms with Gasteiger partial charge in [-0.05, 0) is 19.4 Å². The molecule has 0 atom stereocenters. The number of aryl methyl sites for hydroxylation is 1. The van der Waals surface area contributed by atoms with Crippen molar-refractivity contribution in [3.63, 3.8) is 0 Å². The molecule has 7 heteroatoms. The molecule has 0 aliphatic carbocycles. The van der Waals surface area contributed by atoms with Crippen molar-refractivity contribution < 1.29 is 23.0 Å². The summed E-state index contributed by atoms with van der Waals surface area (Å²) in [5.41, 5.74) is -0.419. The third kappa shape index (κ3) is 2.93. The lowest BCUT2D eigenvalue weighted by molar-refractivity contribution is 0.104. The monoisotopic (exact) mass is 311 g/mol. The SMILES string of the molecule is CCCc1c(F)c(F)cc2c(=O)c(OC(=O)OCC)c[nH]c12. The van der Waals surface area contributed by atoms with Crippen LogP contribution in [-0.4, -0.2) is 17.7 Å². The Kier molecular flexibility index (Phi) is 4.75. The molecule has 0 bridgehead atoms. The summed E-state index contributed by atoms with van der Waals surface area (Å²) in [5, 5.41) is -0.0795. The molecule has 1 aromatic carbocycles. The van der Waals surface area contributed by atoms with Crippen molar-refractivity contribution in [2.75, 3.05) is 6.61 Å². The minimum Gasteiger partial charge on any atom is -0.434 e. The summed E-state index contributed by atoms with van der Waals surface area (Å²) in [6.07, 6.45) is 0.953. The van der Waals surface area contributed by atoms with Crippen LogP contribution in [0.15, 0.2) is 17.1 Å². The van der Waals surface area contributed by atoms with Gasteiger partial charge in [0.1, 0.15) is 0 Å². The topological polar surface area (TPSA) is 68.4 Å². The van der Waals surface area contributed by atoms with Gasteiger partial charge in [-0.3, -0.25) is 4.79 Å². The van der Waals surface area contributed by atoms with Crippen molar-refractivity contribution in [2.45, 2.75) is 26.7 Å². The van der Waals surface area contributed by atoms with Gasteiger partial charge >= 0.3 is 6.16 Å². The van der Waals surface area contributed by atoms with E-state index in [-0.39, 0.29) is 35.2 Å². The number of rotatable bonds is 4. The van der Waals surface area contributed by atoms with Gasteiger partial charge in [-0.2, -0.15) is 0 Å². The van der Waals surface area contributed by atoms with Crippen LogP contribution in [0.5, 0.6) is 5.75 Å². The summed E-state index contributed by atoms with van der Waals surface area (Å²) in [5.74, 6) is -2.43. The van der Waals surface area contributed by atoms with E-state index in [1.54, 1.807) is 6.92 Å². The molecule has 0 radical (unpaired) electrons. The van der Waals surface area contributed by atoms with Crippen LogP contribution in [0.25, 0.3) is 10.9 Å². The number of halogens is 2. The molecular weight excluding hydrogens is 296 g/mol. The number of aromatic nitrogens is 1. The predicted octanol–water partition coefficient (Wildman–Crippen LogP) is 3.29. The van der Waals surface area contributed by atoms with Crippen molar-refractivity contribution in [3.8, 4) is 5.75 Å². The largest absolute Gasteiger partial charge is 0.514 e. The van der Waals surface area contributed by atoms with E-state index in [4.69, 9.17) is 4.74 Å². The summed E-state index contributed by atoms with van der Waals surface area (Å²) < 4.78 is 36.8. The number of pyridine rings is 1. The zero-order chi connectivity index (χ0) is 16.3. The summed E-state index contributed by atoms with van der Waals surface area (Å²) >= 11 is 0. The highest BCUT2D eigenvalue weighted by atomic mass is 19.2. The zero-order valence-corrected chi connectivity index (χ0v) is 12.2. The first-order chi connectivity index (χ1) is 10.5. The standard InChI is InChI=1S/C15H15F2NO4/c1-3-5-8-12(17)10(16)6-9-13(8)18-7-11(14(9)19)22-15(20)21-4-2/h6-7H,3-5H2,1-2H3,(H,18,19). The first kappa shape index (κ1) is 15.9. The average molecular weight is 311 g/mol. The van der Waals surface area contributed by atoms with Crippen LogP contribution in [0.1, 0.15) is 25.8 Å². The maximum Gasteiger partial charge on any atom is 0.514 e. The fourth-order valence-corrected chi connectivity index (χ4v) is 2.16. The fraction of sp³-hybridized carbons (Fsp3) is 0.333. The van der Waals surface area contributed by atoms with Gasteiger partial charge in [0.2, 0.25) is 5.43 Å². The summed E-state index contributed by atoms with van der Waals surface area (Å²) in [6, 6.07) is 0.792. The number of aromatic amines is 1. The molecule has 0 amide bonds. The van der Waals surface area contributed by atoms with Crippen molar-refractivity contribution in [3.05, 3.63) is 39.7 Å². The van der Waals surface area contributed by atoms with E-state index in [0.717, 1.165) is 12.3 Å². The second-order valence-electron chi connectivity index (χ2n) is 4.59. The molecule has 1 aromatic heterocycles. The molecule has 0 aliphatic heterocycles. The Labute approximate surface area is 124 Å². The summed E-state index contributed by atoms with van der Waals surface area (Å²) in [6.45, 7) is 3.48. The molecule has 0 aliphatic rings. The first-order valence-corrected chi connectivity index (χ1v) is 6.86. The lowest BCUT2D eigenvalue weighted by Crippen LogP contribution is -2.17. The van der Waals surface area contributed by atoms with E-state index in [1.807, 2.05) is 6.92 Å². The van der Waals surface area contributed by atoms with Gasteiger partial charge < -0.3 is 14.5 Å². The minimum absolute atomic E-state index is 0.0795. The maximum absolute atomic E-state index is 13.9. The van der Waals surface area contributed by atoms with Gasteiger partial charge in [-0.1, -0.05) is 13.3 Å². The lowest BCUT2D eigenvalue weighted by Gasteiger charge is -2.09. The van der Waals surface area contributed by atoms with Gasteiger partial charge in [-0.25, -0.2) is 13.6 Å². The molecule has 0 saturated heterocycles. The number of fused-ring (bicyclic) bond motifs is 1. The number of carbonyl (C=O) groups is 1. The number of nitrogens with one attached hydrogen (secondary N) is 1. The Morgan fingerprint density at radius 2 is 2.05 bits per heavy atom. The molecule has 1 heterocycles. The highest BCUT2D eigenvalue weighted by molar-refractivity contribution is 5.83. The molecule has 0 fully saturated rings. The van der Waals surface area contributed by atoms with Crippen molar-refractivity contribution in [2.24, 2.45) is 0 Å². The summed E-state index contributed by atoms with van der Waals surface area (Å²) in [4.78, 5) is 26.2. The van der Waals surface area contributed by atoms with Gasteiger partial charge in [0.15, 0.2) is 17.4 Å². The van der Waals surface area contributed by atoms with E-state index in [0.29, 0.717) is 6.42 Å². The van der Waals surface area contributed by atoms with Crippen LogP contribution in [-0.2, 0) is 11.2 Å². The Morgan fingerprint density at radius 1 is 1.32 bits per heavy atom. The van der Waals surface area contributed by atoms with Gasteiger partial charge in [0.25, 0.3) is 0 Å². The zero-order valence-electron chi connectivity index (χ0n) is 12.2. The van der Waals surface area contributed by atoms with Crippen LogP contribution in [0.3, 0.4) is 0 Å². The van der Waals surface area contributed by atoms with Gasteiger partial charge in [0.05, 0.1) is 17.5 Å². The molecule has 118 valence electrons. The van der Waals surface area contributed by atoms with Crippen LogP contribution >= 0.6 is 0 Å². The second-order valence-corrected chi connectivity index (χ2v) is 4.59. The Morgan fingerprint density at radius 3 is 2.68 bits per heavy atom. The molecule has 0 unspecified atom stereocenters. The minimum atomic E-state index is -1.12. The molecule has 22 heavy (non-hydrogen) atoms. The quantitative estimate of drug-likeness (QED) is 0.880. The molecule has 2 aromatic rings. The van der Waals surface area contributed by atoms with Crippen molar-refractivity contribution >= 4 is 17.1 Å². The van der Waals surface area contributed by atoms with E-state index in [2.05, 4.69) is 9.72 Å². The molecule has 5 nitrogen and oxygen atoms in total. The Bertz CT molecular complexity index is 770. The predicted molar refractivity (Wildman–Crippen MR) is 76.1 cm³/mol. The molecule has 1 N–H and O–H groups in total. The molecule has 0 spiro atoms. The van der Waals surface area contributed by atoms with Crippen LogP contribution in [0.4, 0.5) is 13.6 Å². The highest BCUT2D eigenvalue weighted by Crippen LogP contribution is 2.23. The number of hydrogen-bond acceptors (Lipinski definition) is 4. The van der Waals surface area contributed by atoms with Crippen molar-refractivity contribution in [1.29, 1.82) is 0 Å². The fourth-order valence-electron chi connectivity index (χ4n) is 2.16. The van der Waals surface area contributed by atoms with Crippen LogP contribution in [0.2, 0.25) is 0 Å². The molecular formula is C15H15F2NO4. The van der Waals surface area contributed by atoms with Crippen LogP contribution in [0, 0.1) is 11.6 Å². The van der Waals surface area contributed by atoms with E-state index in [9.17, 15) is 18.4 Å². The maximum atomic E-state index is 13.9. The van der Waals surface area contributed by atoms with Gasteiger partial charge in [0, 0.05) is 11.8 Å². The van der Waals surface area contributed by atoms with E-state index < -0.39 is 23.2 Å². The third-order valence-electron chi connectivity index (χ3n) is 3.09. The number of H-pyrrole nitrogens is 1. The number of benzene rings is 1. The number of ether oxygens (including phenoxy) is 2. The van der Waals surface area contributed by atoms with Crippen LogP contribution < -0.4 is 10.2 Å². The van der Waals surface area contributed by atoms with E-state index >= 15 is 0 Å². The van der Waals surface area contributed by atoms with Crippen molar-refractivity contribution in [1.82, 2.24) is 4.98 Å². The van der Waals surface area contributed by atoms with Gasteiger partial charge in [-0.15, -0.1) is 0 Å². The summed E-state index contributed by atoms with van der Waals surface area (Å²) in [7, 11) is 0. The first-order valence-electron chi connectivity index (χ1n) is 6.86. The average Bonchev–Trinajstić information content (AvgIpc) is 2.48. The second kappa shape index (κ2) is 6.55. The third-order valence-corrected chi connectivity index (χ3v) is 3.09. The lowest BCUT2D eigenvalue weighted by atomic mass is 10.0. The Hall–Kier alpha value is -2.44. The highest BCUT2D eigenvalue weighted by Gasteiger charge is 2.18. The number of hydrogen-bond donors (Lipinski definition) is 1. The smallest absolute Gasteiger partial charge is 0.434 e. The number of carbonyl (C=O) groups excluding carboxylic acids is 1. The van der Waals surface area contributed by atoms with E-state index in [1.165, 1.54) is 0 Å². The molecule has 2 rings (SSSR count). The molecule has 0 saturated carbocycles. The Balaban J connectivity index is 2.59. The normalized spacial score (nSPS) is 10.7.